The molecular formula is C11H15NO5S. The van der Waals surface area contributed by atoms with Gasteiger partial charge in [-0.05, 0) is 12.1 Å². The van der Waals surface area contributed by atoms with E-state index in [9.17, 15) is 18.3 Å². The monoisotopic (exact) mass is 273 g/mol. The second-order valence-corrected chi connectivity index (χ2v) is 5.63. The van der Waals surface area contributed by atoms with Crippen molar-refractivity contribution in [3.05, 3.63) is 24.3 Å². The lowest BCUT2D eigenvalue weighted by Gasteiger charge is -2.17. The molecule has 0 aliphatic carbocycles. The van der Waals surface area contributed by atoms with E-state index < -0.39 is 16.0 Å². The fraction of sp³-hybridized carbons (Fsp3) is 0.364. The highest BCUT2D eigenvalue weighted by atomic mass is 32.2. The average Bonchev–Trinajstić information content (AvgIpc) is 2.35. The molecule has 6 nitrogen and oxygen atoms in total. The van der Waals surface area contributed by atoms with Gasteiger partial charge >= 0.3 is 5.97 Å². The summed E-state index contributed by atoms with van der Waals surface area (Å²) in [4.78, 5) is 10.8. The molecule has 1 aromatic rings. The van der Waals surface area contributed by atoms with Crippen LogP contribution in [0, 0.1) is 0 Å². The number of phenolic OH excluding ortho intramolecular Hbond substituents is 1. The Morgan fingerprint density at radius 2 is 2.00 bits per heavy atom. The molecule has 0 heterocycles. The van der Waals surface area contributed by atoms with Gasteiger partial charge < -0.3 is 9.84 Å². The number of aromatic hydroxyl groups is 1. The van der Waals surface area contributed by atoms with Crippen LogP contribution in [0.3, 0.4) is 0 Å². The number of phenols is 1. The molecule has 1 rings (SSSR count). The van der Waals surface area contributed by atoms with Crippen molar-refractivity contribution in [2.45, 2.75) is 11.3 Å². The third-order valence-corrected chi connectivity index (χ3v) is 4.32. The lowest BCUT2D eigenvalue weighted by Crippen LogP contribution is -2.29. The second-order valence-electron chi connectivity index (χ2n) is 3.62. The summed E-state index contributed by atoms with van der Waals surface area (Å²) in [6, 6.07) is 5.64. The van der Waals surface area contributed by atoms with E-state index in [4.69, 9.17) is 0 Å². The van der Waals surface area contributed by atoms with Gasteiger partial charge in [0.1, 0.15) is 10.6 Å². The molecule has 0 atom stereocenters. The molecule has 0 spiro atoms. The van der Waals surface area contributed by atoms with E-state index in [2.05, 4.69) is 4.74 Å². The maximum absolute atomic E-state index is 12.1. The number of hydrogen-bond donors (Lipinski definition) is 1. The van der Waals surface area contributed by atoms with Gasteiger partial charge in [-0.25, -0.2) is 12.7 Å². The molecule has 0 fully saturated rings. The molecular weight excluding hydrogens is 258 g/mol. The zero-order valence-corrected chi connectivity index (χ0v) is 11.0. The minimum Gasteiger partial charge on any atom is -0.507 e. The van der Waals surface area contributed by atoms with Gasteiger partial charge in [-0.1, -0.05) is 12.1 Å². The van der Waals surface area contributed by atoms with Crippen LogP contribution in [0.5, 0.6) is 5.75 Å². The number of benzene rings is 1. The molecule has 0 unspecified atom stereocenters. The van der Waals surface area contributed by atoms with Crippen molar-refractivity contribution in [2.24, 2.45) is 0 Å². The molecule has 0 amide bonds. The minimum atomic E-state index is -3.80. The van der Waals surface area contributed by atoms with Crippen LogP contribution in [0.1, 0.15) is 6.42 Å². The lowest BCUT2D eigenvalue weighted by atomic mass is 10.3. The van der Waals surface area contributed by atoms with Crippen LogP contribution in [0.4, 0.5) is 0 Å². The van der Waals surface area contributed by atoms with Crippen LogP contribution in [-0.2, 0) is 19.6 Å². The molecule has 0 aromatic heterocycles. The largest absolute Gasteiger partial charge is 0.507 e. The van der Waals surface area contributed by atoms with E-state index in [0.717, 1.165) is 4.31 Å². The highest BCUT2D eigenvalue weighted by molar-refractivity contribution is 7.89. The Morgan fingerprint density at radius 3 is 2.56 bits per heavy atom. The highest BCUT2D eigenvalue weighted by Gasteiger charge is 2.24. The zero-order chi connectivity index (χ0) is 13.8. The van der Waals surface area contributed by atoms with Gasteiger partial charge in [-0.2, -0.15) is 0 Å². The van der Waals surface area contributed by atoms with Crippen molar-refractivity contribution in [2.75, 3.05) is 20.7 Å². The van der Waals surface area contributed by atoms with Crippen molar-refractivity contribution in [1.29, 1.82) is 0 Å². The van der Waals surface area contributed by atoms with Gasteiger partial charge in [0.05, 0.1) is 13.5 Å². The molecule has 1 N–H and O–H groups in total. The topological polar surface area (TPSA) is 83.9 Å². The third kappa shape index (κ3) is 3.21. The average molecular weight is 273 g/mol. The van der Waals surface area contributed by atoms with Crippen LogP contribution in [0.2, 0.25) is 0 Å². The number of rotatable bonds is 5. The SMILES string of the molecule is COC(=O)CCN(C)S(=O)(=O)c1ccccc1O. The summed E-state index contributed by atoms with van der Waals surface area (Å²) in [6.45, 7) is -0.0106. The first-order valence-electron chi connectivity index (χ1n) is 5.20. The molecule has 0 saturated heterocycles. The van der Waals surface area contributed by atoms with Crippen LogP contribution < -0.4 is 0 Å². The van der Waals surface area contributed by atoms with E-state index in [1.807, 2.05) is 0 Å². The molecule has 0 aliphatic rings. The molecule has 0 aliphatic heterocycles. The summed E-state index contributed by atoms with van der Waals surface area (Å²) in [5.74, 6) is -0.809. The first-order chi connectivity index (χ1) is 8.39. The predicted molar refractivity (Wildman–Crippen MR) is 64.6 cm³/mol. The molecule has 18 heavy (non-hydrogen) atoms. The van der Waals surface area contributed by atoms with Crippen LogP contribution in [0.25, 0.3) is 0 Å². The highest BCUT2D eigenvalue weighted by Crippen LogP contribution is 2.24. The Kier molecular flexibility index (Phi) is 4.69. The maximum Gasteiger partial charge on any atom is 0.306 e. The number of ether oxygens (including phenoxy) is 1. The van der Waals surface area contributed by atoms with Crippen LogP contribution in [0.15, 0.2) is 29.2 Å². The fourth-order valence-corrected chi connectivity index (χ4v) is 2.56. The van der Waals surface area contributed by atoms with Crippen molar-refractivity contribution in [3.8, 4) is 5.75 Å². The number of carbonyl (C=O) groups is 1. The number of nitrogens with zero attached hydrogens (tertiary/aromatic N) is 1. The molecule has 0 saturated carbocycles. The zero-order valence-electron chi connectivity index (χ0n) is 10.2. The van der Waals surface area contributed by atoms with Gasteiger partial charge in [-0.3, -0.25) is 4.79 Å². The van der Waals surface area contributed by atoms with Crippen molar-refractivity contribution >= 4 is 16.0 Å². The van der Waals surface area contributed by atoms with Crippen LogP contribution >= 0.6 is 0 Å². The summed E-state index contributed by atoms with van der Waals surface area (Å²) in [5.41, 5.74) is 0. The van der Waals surface area contributed by atoms with Crippen molar-refractivity contribution in [1.82, 2.24) is 4.31 Å². The Hall–Kier alpha value is -1.60. The quantitative estimate of drug-likeness (QED) is 0.793. The van der Waals surface area contributed by atoms with E-state index in [1.54, 1.807) is 0 Å². The molecule has 100 valence electrons. The summed E-state index contributed by atoms with van der Waals surface area (Å²) in [6.07, 6.45) is -0.0418. The van der Waals surface area contributed by atoms with E-state index in [1.165, 1.54) is 38.4 Å². The second kappa shape index (κ2) is 5.83. The van der Waals surface area contributed by atoms with Crippen molar-refractivity contribution < 1.29 is 23.1 Å². The number of para-hydroxylation sites is 1. The number of carbonyl (C=O) groups excluding carboxylic acids is 1. The third-order valence-electron chi connectivity index (χ3n) is 2.41. The van der Waals surface area contributed by atoms with Crippen LogP contribution in [-0.4, -0.2) is 44.5 Å². The molecule has 0 bridgehead atoms. The van der Waals surface area contributed by atoms with Gasteiger partial charge in [0.15, 0.2) is 0 Å². The smallest absolute Gasteiger partial charge is 0.306 e. The first kappa shape index (κ1) is 14.5. The standard InChI is InChI=1S/C11H15NO5S/c1-12(8-7-11(14)17-2)18(15,16)10-6-4-3-5-9(10)13/h3-6,13H,7-8H2,1-2H3. The summed E-state index contributed by atoms with van der Waals surface area (Å²) in [7, 11) is -1.22. The Morgan fingerprint density at radius 1 is 1.39 bits per heavy atom. The van der Waals surface area contributed by atoms with Gasteiger partial charge in [0.2, 0.25) is 10.0 Å². The van der Waals surface area contributed by atoms with E-state index >= 15 is 0 Å². The first-order valence-corrected chi connectivity index (χ1v) is 6.64. The molecule has 0 radical (unpaired) electrons. The maximum atomic E-state index is 12.1. The van der Waals surface area contributed by atoms with E-state index in [-0.39, 0.29) is 23.6 Å². The van der Waals surface area contributed by atoms with E-state index in [0.29, 0.717) is 0 Å². The number of sulfonamides is 1. The van der Waals surface area contributed by atoms with Crippen molar-refractivity contribution in [3.63, 3.8) is 0 Å². The minimum absolute atomic E-state index is 0.0106. The lowest BCUT2D eigenvalue weighted by molar-refractivity contribution is -0.140. The number of esters is 1. The predicted octanol–water partition coefficient (Wildman–Crippen LogP) is 0.576. The Balaban J connectivity index is 2.87. The Labute approximate surface area is 106 Å². The summed E-state index contributed by atoms with van der Waals surface area (Å²) in [5, 5.41) is 9.52. The van der Waals surface area contributed by atoms with Gasteiger partial charge in [-0.15, -0.1) is 0 Å². The number of hydrogen-bond acceptors (Lipinski definition) is 5. The van der Waals surface area contributed by atoms with Gasteiger partial charge in [0, 0.05) is 13.6 Å². The normalized spacial score (nSPS) is 11.5. The fourth-order valence-electron chi connectivity index (χ4n) is 1.31. The van der Waals surface area contributed by atoms with Gasteiger partial charge in [0.25, 0.3) is 0 Å². The molecule has 7 heteroatoms. The summed E-state index contributed by atoms with van der Waals surface area (Å²) >= 11 is 0. The Bertz CT molecular complexity index is 526. The molecule has 1 aromatic carbocycles. The number of methoxy groups -OCH3 is 1. The summed E-state index contributed by atoms with van der Waals surface area (Å²) < 4.78 is 29.6.